The van der Waals surface area contributed by atoms with E-state index in [-0.39, 0.29) is 6.04 Å². The standard InChI is InChI=1S/C17H27NO2/c1-3-18-16(13-19-12-11-14-9-10-14)15-7-5-6-8-17(15)20-4-2/h5-8,14,16,18H,3-4,9-13H2,1-2H3. The Morgan fingerprint density at radius 1 is 1.25 bits per heavy atom. The van der Waals surface area contributed by atoms with E-state index >= 15 is 0 Å². The van der Waals surface area contributed by atoms with E-state index < -0.39 is 0 Å². The molecule has 0 bridgehead atoms. The molecule has 1 aliphatic carbocycles. The van der Waals surface area contributed by atoms with E-state index in [2.05, 4.69) is 24.4 Å². The Labute approximate surface area is 122 Å². The van der Waals surface area contributed by atoms with E-state index in [9.17, 15) is 0 Å². The molecule has 1 aliphatic rings. The minimum absolute atomic E-state index is 0.210. The lowest BCUT2D eigenvalue weighted by atomic mass is 10.1. The van der Waals surface area contributed by atoms with Crippen LogP contribution in [0, 0.1) is 5.92 Å². The molecule has 3 heteroatoms. The van der Waals surface area contributed by atoms with E-state index in [1.165, 1.54) is 24.8 Å². The topological polar surface area (TPSA) is 30.5 Å². The van der Waals surface area contributed by atoms with Crippen LogP contribution >= 0.6 is 0 Å². The van der Waals surface area contributed by atoms with Gasteiger partial charge < -0.3 is 14.8 Å². The fourth-order valence-corrected chi connectivity index (χ4v) is 2.42. The smallest absolute Gasteiger partial charge is 0.124 e. The van der Waals surface area contributed by atoms with Crippen LogP contribution in [0.3, 0.4) is 0 Å². The zero-order chi connectivity index (χ0) is 14.2. The lowest BCUT2D eigenvalue weighted by Crippen LogP contribution is -2.26. The molecule has 1 atom stereocenters. The van der Waals surface area contributed by atoms with Crippen molar-refractivity contribution in [1.29, 1.82) is 0 Å². The van der Waals surface area contributed by atoms with Crippen LogP contribution in [0.5, 0.6) is 5.75 Å². The second kappa shape index (κ2) is 8.28. The largest absolute Gasteiger partial charge is 0.494 e. The zero-order valence-electron chi connectivity index (χ0n) is 12.7. The Bertz CT molecular complexity index is 390. The van der Waals surface area contributed by atoms with Crippen LogP contribution in [0.4, 0.5) is 0 Å². The second-order valence-corrected chi connectivity index (χ2v) is 5.39. The monoisotopic (exact) mass is 277 g/mol. The van der Waals surface area contributed by atoms with Crippen molar-refractivity contribution in [2.24, 2.45) is 5.92 Å². The Kier molecular flexibility index (Phi) is 6.34. The van der Waals surface area contributed by atoms with Crippen molar-refractivity contribution in [1.82, 2.24) is 5.32 Å². The normalized spacial score (nSPS) is 16.1. The Morgan fingerprint density at radius 3 is 2.75 bits per heavy atom. The Morgan fingerprint density at radius 2 is 2.05 bits per heavy atom. The maximum atomic E-state index is 5.87. The average molecular weight is 277 g/mol. The van der Waals surface area contributed by atoms with Crippen LogP contribution in [0.1, 0.15) is 44.7 Å². The van der Waals surface area contributed by atoms with Crippen molar-refractivity contribution >= 4 is 0 Å². The molecule has 20 heavy (non-hydrogen) atoms. The summed E-state index contributed by atoms with van der Waals surface area (Å²) < 4.78 is 11.6. The highest BCUT2D eigenvalue weighted by Crippen LogP contribution is 2.32. The lowest BCUT2D eigenvalue weighted by Gasteiger charge is -2.21. The van der Waals surface area contributed by atoms with Gasteiger partial charge in [0.25, 0.3) is 0 Å². The third-order valence-electron chi connectivity index (χ3n) is 3.70. The van der Waals surface area contributed by atoms with Gasteiger partial charge in [-0.25, -0.2) is 0 Å². The van der Waals surface area contributed by atoms with E-state index in [0.717, 1.165) is 24.8 Å². The molecule has 0 aromatic heterocycles. The summed E-state index contributed by atoms with van der Waals surface area (Å²) in [6.45, 7) is 7.36. The third kappa shape index (κ3) is 4.80. The van der Waals surface area contributed by atoms with Crippen LogP contribution in [0.2, 0.25) is 0 Å². The lowest BCUT2D eigenvalue weighted by molar-refractivity contribution is 0.106. The van der Waals surface area contributed by atoms with Gasteiger partial charge in [-0.05, 0) is 31.9 Å². The number of ether oxygens (including phenoxy) is 2. The molecule has 1 saturated carbocycles. The van der Waals surface area contributed by atoms with Crippen molar-refractivity contribution in [3.63, 3.8) is 0 Å². The van der Waals surface area contributed by atoms with Gasteiger partial charge >= 0.3 is 0 Å². The van der Waals surface area contributed by atoms with Gasteiger partial charge in [-0.1, -0.05) is 38.0 Å². The van der Waals surface area contributed by atoms with Gasteiger partial charge in [-0.3, -0.25) is 0 Å². The minimum Gasteiger partial charge on any atom is -0.494 e. The van der Waals surface area contributed by atoms with E-state index in [4.69, 9.17) is 9.47 Å². The zero-order valence-corrected chi connectivity index (χ0v) is 12.7. The molecule has 1 unspecified atom stereocenters. The third-order valence-corrected chi connectivity index (χ3v) is 3.70. The highest BCUT2D eigenvalue weighted by molar-refractivity contribution is 5.36. The van der Waals surface area contributed by atoms with Crippen LogP contribution in [-0.4, -0.2) is 26.4 Å². The van der Waals surface area contributed by atoms with Gasteiger partial charge in [0.15, 0.2) is 0 Å². The molecule has 1 N–H and O–H groups in total. The molecule has 0 aliphatic heterocycles. The van der Waals surface area contributed by atoms with E-state index in [1.54, 1.807) is 0 Å². The van der Waals surface area contributed by atoms with Crippen molar-refractivity contribution in [3.05, 3.63) is 29.8 Å². The van der Waals surface area contributed by atoms with Crippen molar-refractivity contribution in [3.8, 4) is 5.75 Å². The maximum Gasteiger partial charge on any atom is 0.124 e. The highest BCUT2D eigenvalue weighted by Gasteiger charge is 2.21. The van der Waals surface area contributed by atoms with Crippen LogP contribution in [-0.2, 0) is 4.74 Å². The summed E-state index contributed by atoms with van der Waals surface area (Å²) in [5.41, 5.74) is 1.20. The van der Waals surface area contributed by atoms with Gasteiger partial charge in [-0.15, -0.1) is 0 Å². The van der Waals surface area contributed by atoms with E-state index in [0.29, 0.717) is 13.2 Å². The molecule has 0 amide bonds. The quantitative estimate of drug-likeness (QED) is 0.663. The minimum atomic E-state index is 0.210. The molecule has 1 aromatic carbocycles. The predicted octanol–water partition coefficient (Wildman–Crippen LogP) is 3.55. The number of likely N-dealkylation sites (N-methyl/N-ethyl adjacent to an activating group) is 1. The second-order valence-electron chi connectivity index (χ2n) is 5.39. The molecule has 0 spiro atoms. The summed E-state index contributed by atoms with van der Waals surface area (Å²) in [5, 5.41) is 3.50. The Balaban J connectivity index is 1.91. The summed E-state index contributed by atoms with van der Waals surface area (Å²) >= 11 is 0. The number of para-hydroxylation sites is 1. The van der Waals surface area contributed by atoms with Gasteiger partial charge in [0.05, 0.1) is 19.3 Å². The summed E-state index contributed by atoms with van der Waals surface area (Å²) in [5.74, 6) is 1.90. The number of benzene rings is 1. The first-order chi connectivity index (χ1) is 9.85. The maximum absolute atomic E-state index is 5.87. The van der Waals surface area contributed by atoms with Gasteiger partial charge in [0.1, 0.15) is 5.75 Å². The molecule has 0 saturated heterocycles. The summed E-state index contributed by atoms with van der Waals surface area (Å²) in [6.07, 6.45) is 4.01. The number of hydrogen-bond donors (Lipinski definition) is 1. The molecule has 0 radical (unpaired) electrons. The summed E-state index contributed by atoms with van der Waals surface area (Å²) in [7, 11) is 0. The first-order valence-corrected chi connectivity index (χ1v) is 7.88. The molecular weight excluding hydrogens is 250 g/mol. The fourth-order valence-electron chi connectivity index (χ4n) is 2.42. The van der Waals surface area contributed by atoms with Crippen LogP contribution < -0.4 is 10.1 Å². The highest BCUT2D eigenvalue weighted by atomic mass is 16.5. The Hall–Kier alpha value is -1.06. The van der Waals surface area contributed by atoms with Crippen molar-refractivity contribution in [2.75, 3.05) is 26.4 Å². The van der Waals surface area contributed by atoms with Crippen LogP contribution in [0.15, 0.2) is 24.3 Å². The molecule has 1 fully saturated rings. The van der Waals surface area contributed by atoms with Crippen molar-refractivity contribution in [2.45, 2.75) is 39.2 Å². The average Bonchev–Trinajstić information content (AvgIpc) is 3.28. The number of rotatable bonds is 10. The molecular formula is C17H27NO2. The molecule has 1 aromatic rings. The van der Waals surface area contributed by atoms with Crippen molar-refractivity contribution < 1.29 is 9.47 Å². The molecule has 112 valence electrons. The first kappa shape index (κ1) is 15.3. The fraction of sp³-hybridized carbons (Fsp3) is 0.647. The summed E-state index contributed by atoms with van der Waals surface area (Å²) in [6, 6.07) is 8.45. The first-order valence-electron chi connectivity index (χ1n) is 7.88. The molecule has 2 rings (SSSR count). The SMILES string of the molecule is CCNC(COCCC1CC1)c1ccccc1OCC. The number of hydrogen-bond acceptors (Lipinski definition) is 3. The molecule has 3 nitrogen and oxygen atoms in total. The van der Waals surface area contributed by atoms with Crippen LogP contribution in [0.25, 0.3) is 0 Å². The van der Waals surface area contributed by atoms with E-state index in [1.807, 2.05) is 19.1 Å². The molecule has 0 heterocycles. The predicted molar refractivity (Wildman–Crippen MR) is 82.2 cm³/mol. The summed E-state index contributed by atoms with van der Waals surface area (Å²) in [4.78, 5) is 0. The van der Waals surface area contributed by atoms with Gasteiger partial charge in [-0.2, -0.15) is 0 Å². The van der Waals surface area contributed by atoms with Gasteiger partial charge in [0, 0.05) is 12.2 Å². The number of nitrogens with one attached hydrogen (secondary N) is 1. The van der Waals surface area contributed by atoms with Gasteiger partial charge in [0.2, 0.25) is 0 Å².